The number of nitrogens with one attached hydrogen (secondary N) is 1. The Labute approximate surface area is 144 Å². The van der Waals surface area contributed by atoms with Gasteiger partial charge in [0.05, 0.1) is 23.8 Å². The second-order valence-corrected chi connectivity index (χ2v) is 5.60. The molecule has 2 aromatic rings. The molecule has 1 aromatic carbocycles. The minimum absolute atomic E-state index is 0.0176. The van der Waals surface area contributed by atoms with Gasteiger partial charge in [-0.1, -0.05) is 31.5 Å². The molecule has 0 saturated carbocycles. The smallest absolute Gasteiger partial charge is 0.356 e. The minimum Gasteiger partial charge on any atom is -0.461 e. The molecule has 2 rings (SSSR count). The molecule has 0 fully saturated rings. The number of H-pyrrole nitrogens is 1. The van der Waals surface area contributed by atoms with E-state index in [-0.39, 0.29) is 17.9 Å². The van der Waals surface area contributed by atoms with Crippen LogP contribution in [0, 0.1) is 10.1 Å². The first kappa shape index (κ1) is 18.4. The second-order valence-electron chi connectivity index (χ2n) is 5.60. The highest BCUT2D eigenvalue weighted by atomic mass is 16.6. The Hall–Kier alpha value is -2.90. The molecule has 0 spiro atoms. The first-order valence-corrected chi connectivity index (χ1v) is 8.18. The van der Waals surface area contributed by atoms with Crippen molar-refractivity contribution in [3.05, 3.63) is 62.1 Å². The predicted molar refractivity (Wildman–Crippen MR) is 91.9 cm³/mol. The van der Waals surface area contributed by atoms with E-state index in [2.05, 4.69) is 5.10 Å². The summed E-state index contributed by atoms with van der Waals surface area (Å²) in [7, 11) is 0. The third-order valence-corrected chi connectivity index (χ3v) is 3.84. The van der Waals surface area contributed by atoms with E-state index in [0.29, 0.717) is 18.5 Å². The molecule has 8 heteroatoms. The number of rotatable bonds is 8. The number of aromatic amines is 1. The Balaban J connectivity index is 2.62. The van der Waals surface area contributed by atoms with E-state index in [9.17, 15) is 19.7 Å². The number of nitro groups is 1. The summed E-state index contributed by atoms with van der Waals surface area (Å²) in [5.41, 5.74) is 0.173. The zero-order valence-corrected chi connectivity index (χ0v) is 14.2. The summed E-state index contributed by atoms with van der Waals surface area (Å²) < 4.78 is 6.24. The average molecular weight is 347 g/mol. The predicted octanol–water partition coefficient (Wildman–Crippen LogP) is 2.50. The molecule has 0 aliphatic carbocycles. The largest absolute Gasteiger partial charge is 0.461 e. The standard InChI is InChI=1S/C17H21N3O5/c1-3-8-12(11-19(23)24)14-15(17(22)25-4-2)18-20(16(14)21)13-9-6-5-7-10-13/h5-7,9-10,12,18H,3-4,8,11H2,1-2H3. The molecule has 0 radical (unpaired) electrons. The molecule has 0 aliphatic heterocycles. The van der Waals surface area contributed by atoms with Crippen LogP contribution in [0.2, 0.25) is 0 Å². The summed E-state index contributed by atoms with van der Waals surface area (Å²) in [6.07, 6.45) is 1.08. The number of hydrogen-bond acceptors (Lipinski definition) is 5. The van der Waals surface area contributed by atoms with Crippen molar-refractivity contribution < 1.29 is 14.5 Å². The lowest BCUT2D eigenvalue weighted by atomic mass is 9.94. The molecule has 0 amide bonds. The zero-order valence-electron chi connectivity index (χ0n) is 14.2. The van der Waals surface area contributed by atoms with Crippen LogP contribution in [0.1, 0.15) is 48.7 Å². The lowest BCUT2D eigenvalue weighted by Crippen LogP contribution is -2.24. The van der Waals surface area contributed by atoms with Crippen molar-refractivity contribution in [2.75, 3.05) is 13.2 Å². The summed E-state index contributed by atoms with van der Waals surface area (Å²) in [5.74, 6) is -1.35. The highest BCUT2D eigenvalue weighted by Gasteiger charge is 2.30. The Morgan fingerprint density at radius 2 is 2.00 bits per heavy atom. The number of ether oxygens (including phenoxy) is 1. The third-order valence-electron chi connectivity index (χ3n) is 3.84. The summed E-state index contributed by atoms with van der Waals surface area (Å²) in [4.78, 5) is 35.7. The molecule has 1 atom stereocenters. The first-order chi connectivity index (χ1) is 12.0. The number of carbonyl (C=O) groups is 1. The number of aromatic nitrogens is 2. The molecule has 1 unspecified atom stereocenters. The molecule has 0 saturated heterocycles. The maximum absolute atomic E-state index is 12.9. The molecule has 0 bridgehead atoms. The van der Waals surface area contributed by atoms with Gasteiger partial charge in [0.2, 0.25) is 6.54 Å². The minimum atomic E-state index is -0.686. The van der Waals surface area contributed by atoms with Gasteiger partial charge in [-0.15, -0.1) is 0 Å². The molecule has 1 heterocycles. The van der Waals surface area contributed by atoms with Crippen molar-refractivity contribution in [3.63, 3.8) is 0 Å². The molecular formula is C17H21N3O5. The summed E-state index contributed by atoms with van der Waals surface area (Å²) in [5, 5.41) is 13.8. The number of benzene rings is 1. The molecule has 1 aromatic heterocycles. The SMILES string of the molecule is CCCC(C[N+](=O)[O-])c1c(C(=O)OCC)[nH]n(-c2ccccc2)c1=O. The van der Waals surface area contributed by atoms with Crippen molar-refractivity contribution in [1.82, 2.24) is 9.78 Å². The number of nitrogens with zero attached hydrogens (tertiary/aromatic N) is 2. The number of esters is 1. The van der Waals surface area contributed by atoms with Gasteiger partial charge in [0.25, 0.3) is 5.56 Å². The lowest BCUT2D eigenvalue weighted by molar-refractivity contribution is -0.483. The van der Waals surface area contributed by atoms with Gasteiger partial charge < -0.3 is 4.74 Å². The molecular weight excluding hydrogens is 326 g/mol. The van der Waals surface area contributed by atoms with E-state index >= 15 is 0 Å². The van der Waals surface area contributed by atoms with Crippen molar-refractivity contribution in [1.29, 1.82) is 0 Å². The van der Waals surface area contributed by atoms with Gasteiger partial charge in [-0.25, -0.2) is 9.48 Å². The molecule has 1 N–H and O–H groups in total. The van der Waals surface area contributed by atoms with Crippen molar-refractivity contribution in [3.8, 4) is 5.69 Å². The van der Waals surface area contributed by atoms with Crippen LogP contribution in [0.25, 0.3) is 5.69 Å². The van der Waals surface area contributed by atoms with E-state index in [0.717, 1.165) is 0 Å². The zero-order chi connectivity index (χ0) is 18.4. The van der Waals surface area contributed by atoms with Gasteiger partial charge in [0.1, 0.15) is 5.69 Å². The van der Waals surface area contributed by atoms with E-state index in [1.807, 2.05) is 6.92 Å². The molecule has 134 valence electrons. The van der Waals surface area contributed by atoms with Gasteiger partial charge in [-0.2, -0.15) is 0 Å². The van der Waals surface area contributed by atoms with Gasteiger partial charge >= 0.3 is 5.97 Å². The van der Waals surface area contributed by atoms with E-state index < -0.39 is 28.9 Å². The fourth-order valence-electron chi connectivity index (χ4n) is 2.80. The van der Waals surface area contributed by atoms with Crippen molar-refractivity contribution in [2.45, 2.75) is 32.6 Å². The van der Waals surface area contributed by atoms with Crippen LogP contribution in [0.15, 0.2) is 35.1 Å². The van der Waals surface area contributed by atoms with E-state index in [4.69, 9.17) is 4.74 Å². The fraction of sp³-hybridized carbons (Fsp3) is 0.412. The normalized spacial score (nSPS) is 11.9. The maximum Gasteiger partial charge on any atom is 0.356 e. The van der Waals surface area contributed by atoms with E-state index in [1.54, 1.807) is 37.3 Å². The van der Waals surface area contributed by atoms with Crippen molar-refractivity contribution >= 4 is 5.97 Å². The Morgan fingerprint density at radius 1 is 1.32 bits per heavy atom. The van der Waals surface area contributed by atoms with Crippen LogP contribution in [0.5, 0.6) is 0 Å². The number of para-hydroxylation sites is 1. The van der Waals surface area contributed by atoms with Gasteiger partial charge in [-0.3, -0.25) is 20.0 Å². The lowest BCUT2D eigenvalue weighted by Gasteiger charge is -2.10. The molecule has 25 heavy (non-hydrogen) atoms. The summed E-state index contributed by atoms with van der Waals surface area (Å²) >= 11 is 0. The quantitative estimate of drug-likeness (QED) is 0.448. The number of carbonyl (C=O) groups excluding carboxylic acids is 1. The Bertz CT molecular complexity index is 794. The second kappa shape index (κ2) is 8.27. The van der Waals surface area contributed by atoms with E-state index in [1.165, 1.54) is 4.68 Å². The third kappa shape index (κ3) is 4.14. The fourth-order valence-corrected chi connectivity index (χ4v) is 2.80. The van der Waals surface area contributed by atoms with Crippen LogP contribution >= 0.6 is 0 Å². The number of hydrogen-bond donors (Lipinski definition) is 1. The monoisotopic (exact) mass is 347 g/mol. The van der Waals surface area contributed by atoms with Crippen LogP contribution in [0.4, 0.5) is 0 Å². The topological polar surface area (TPSA) is 107 Å². The van der Waals surface area contributed by atoms with Crippen LogP contribution in [0.3, 0.4) is 0 Å². The highest BCUT2D eigenvalue weighted by Crippen LogP contribution is 2.23. The maximum atomic E-state index is 12.9. The van der Waals surface area contributed by atoms with Gasteiger partial charge in [0, 0.05) is 4.92 Å². The van der Waals surface area contributed by atoms with Crippen LogP contribution in [-0.2, 0) is 4.74 Å². The molecule has 8 nitrogen and oxygen atoms in total. The Kier molecular flexibility index (Phi) is 6.10. The molecule has 0 aliphatic rings. The summed E-state index contributed by atoms with van der Waals surface area (Å²) in [6, 6.07) is 8.73. The highest BCUT2D eigenvalue weighted by molar-refractivity contribution is 5.89. The van der Waals surface area contributed by atoms with Crippen molar-refractivity contribution in [2.24, 2.45) is 0 Å². The van der Waals surface area contributed by atoms with Crippen LogP contribution in [-0.4, -0.2) is 33.8 Å². The van der Waals surface area contributed by atoms with Gasteiger partial charge in [0.15, 0.2) is 0 Å². The summed E-state index contributed by atoms with van der Waals surface area (Å²) in [6.45, 7) is 3.26. The average Bonchev–Trinajstić information content (AvgIpc) is 2.92. The first-order valence-electron chi connectivity index (χ1n) is 8.18. The Morgan fingerprint density at radius 3 is 2.56 bits per heavy atom. The van der Waals surface area contributed by atoms with Gasteiger partial charge in [-0.05, 0) is 25.5 Å². The van der Waals surface area contributed by atoms with Crippen LogP contribution < -0.4 is 5.56 Å².